The minimum Gasteiger partial charge on any atom is -0.308 e. The Morgan fingerprint density at radius 2 is 1.80 bits per heavy atom. The number of hydrogen-bond acceptors (Lipinski definition) is 2. The molecule has 2 rings (SSSR count). The average Bonchev–Trinajstić information content (AvgIpc) is 2.46. The molecule has 0 radical (unpaired) electrons. The molecule has 2 heteroatoms. The first-order valence-corrected chi connectivity index (χ1v) is 8.01. The van der Waals surface area contributed by atoms with Crippen molar-refractivity contribution in [3.8, 4) is 0 Å². The first-order valence-electron chi connectivity index (χ1n) is 8.01. The van der Waals surface area contributed by atoms with Gasteiger partial charge >= 0.3 is 0 Å². The molecule has 0 spiro atoms. The first kappa shape index (κ1) is 15.5. The SMILES string of the molecule is Cc1ccccc1C(C)NCC1(N(C)C)CCCCC1. The molecule has 1 aromatic carbocycles. The third kappa shape index (κ3) is 3.42. The van der Waals surface area contributed by atoms with Gasteiger partial charge < -0.3 is 10.2 Å². The second-order valence-electron chi connectivity index (χ2n) is 6.64. The molecule has 1 fully saturated rings. The summed E-state index contributed by atoms with van der Waals surface area (Å²) in [6.45, 7) is 5.58. The van der Waals surface area contributed by atoms with E-state index in [0.29, 0.717) is 11.6 Å². The molecule has 1 saturated carbocycles. The Bertz CT molecular complexity index is 419. The molecule has 1 unspecified atom stereocenters. The molecule has 1 aliphatic carbocycles. The molecule has 0 heterocycles. The van der Waals surface area contributed by atoms with Crippen LogP contribution in [-0.2, 0) is 0 Å². The third-order valence-corrected chi connectivity index (χ3v) is 5.13. The van der Waals surface area contributed by atoms with Crippen LogP contribution < -0.4 is 5.32 Å². The van der Waals surface area contributed by atoms with Crippen LogP contribution in [0.25, 0.3) is 0 Å². The van der Waals surface area contributed by atoms with Gasteiger partial charge in [-0.25, -0.2) is 0 Å². The minimum atomic E-state index is 0.356. The summed E-state index contributed by atoms with van der Waals surface area (Å²) in [6, 6.07) is 9.14. The van der Waals surface area contributed by atoms with Gasteiger partial charge in [0.2, 0.25) is 0 Å². The van der Waals surface area contributed by atoms with Crippen LogP contribution in [-0.4, -0.2) is 31.1 Å². The number of aryl methyl sites for hydroxylation is 1. The lowest BCUT2D eigenvalue weighted by Gasteiger charge is -2.44. The quantitative estimate of drug-likeness (QED) is 0.875. The van der Waals surface area contributed by atoms with Crippen molar-refractivity contribution in [2.75, 3.05) is 20.6 Å². The number of nitrogens with zero attached hydrogens (tertiary/aromatic N) is 1. The summed E-state index contributed by atoms with van der Waals surface area (Å²) >= 11 is 0. The standard InChI is InChI=1S/C18H30N2/c1-15-10-6-7-11-17(15)16(2)19-14-18(20(3)4)12-8-5-9-13-18/h6-7,10-11,16,19H,5,8-9,12-14H2,1-4H3. The van der Waals surface area contributed by atoms with E-state index in [0.717, 1.165) is 6.54 Å². The largest absolute Gasteiger partial charge is 0.308 e. The van der Waals surface area contributed by atoms with Gasteiger partial charge in [-0.15, -0.1) is 0 Å². The maximum absolute atomic E-state index is 3.79. The van der Waals surface area contributed by atoms with E-state index in [4.69, 9.17) is 0 Å². The molecule has 1 aliphatic rings. The zero-order valence-corrected chi connectivity index (χ0v) is 13.6. The third-order valence-electron chi connectivity index (χ3n) is 5.13. The summed E-state index contributed by atoms with van der Waals surface area (Å²) in [5, 5.41) is 3.79. The lowest BCUT2D eigenvalue weighted by atomic mass is 9.80. The van der Waals surface area contributed by atoms with Gasteiger partial charge in [0.05, 0.1) is 0 Å². The fourth-order valence-corrected chi connectivity index (χ4v) is 3.52. The van der Waals surface area contributed by atoms with Gasteiger partial charge in [0.15, 0.2) is 0 Å². The van der Waals surface area contributed by atoms with Crippen molar-refractivity contribution in [1.82, 2.24) is 10.2 Å². The van der Waals surface area contributed by atoms with Crippen molar-refractivity contribution in [2.24, 2.45) is 0 Å². The second kappa shape index (κ2) is 6.73. The van der Waals surface area contributed by atoms with E-state index in [-0.39, 0.29) is 0 Å². The van der Waals surface area contributed by atoms with E-state index in [9.17, 15) is 0 Å². The number of rotatable bonds is 5. The number of nitrogens with one attached hydrogen (secondary N) is 1. The molecule has 1 N–H and O–H groups in total. The summed E-state index contributed by atoms with van der Waals surface area (Å²) in [5.74, 6) is 0. The van der Waals surface area contributed by atoms with E-state index in [1.165, 1.54) is 43.2 Å². The molecule has 1 aromatic rings. The Hall–Kier alpha value is -0.860. The molecule has 0 aromatic heterocycles. The van der Waals surface area contributed by atoms with Gasteiger partial charge in [-0.05, 0) is 51.9 Å². The molecule has 0 amide bonds. The van der Waals surface area contributed by atoms with Gasteiger partial charge in [-0.1, -0.05) is 43.5 Å². The molecule has 1 atom stereocenters. The number of benzene rings is 1. The Kier molecular flexibility index (Phi) is 5.22. The Labute approximate surface area is 124 Å². The van der Waals surface area contributed by atoms with Crippen molar-refractivity contribution in [3.05, 3.63) is 35.4 Å². The highest BCUT2D eigenvalue weighted by Crippen LogP contribution is 2.32. The maximum Gasteiger partial charge on any atom is 0.0328 e. The van der Waals surface area contributed by atoms with Gasteiger partial charge in [0, 0.05) is 18.1 Å². The summed E-state index contributed by atoms with van der Waals surface area (Å²) in [7, 11) is 4.48. The van der Waals surface area contributed by atoms with E-state index in [2.05, 4.69) is 62.4 Å². The van der Waals surface area contributed by atoms with E-state index >= 15 is 0 Å². The van der Waals surface area contributed by atoms with Gasteiger partial charge in [0.1, 0.15) is 0 Å². The van der Waals surface area contributed by atoms with Crippen LogP contribution in [0, 0.1) is 6.92 Å². The molecule has 0 bridgehead atoms. The molecular weight excluding hydrogens is 244 g/mol. The molecular formula is C18H30N2. The second-order valence-corrected chi connectivity index (χ2v) is 6.64. The van der Waals surface area contributed by atoms with Crippen LogP contribution in [0.4, 0.5) is 0 Å². The highest BCUT2D eigenvalue weighted by atomic mass is 15.2. The van der Waals surface area contributed by atoms with Crippen LogP contribution in [0.1, 0.15) is 56.2 Å². The minimum absolute atomic E-state index is 0.356. The van der Waals surface area contributed by atoms with Gasteiger partial charge in [-0.2, -0.15) is 0 Å². The highest BCUT2D eigenvalue weighted by molar-refractivity contribution is 5.28. The van der Waals surface area contributed by atoms with Gasteiger partial charge in [0.25, 0.3) is 0 Å². The van der Waals surface area contributed by atoms with Crippen molar-refractivity contribution >= 4 is 0 Å². The summed E-state index contributed by atoms with van der Waals surface area (Å²) in [4.78, 5) is 2.45. The lowest BCUT2D eigenvalue weighted by Crippen LogP contribution is -2.53. The summed E-state index contributed by atoms with van der Waals surface area (Å²) in [6.07, 6.45) is 6.81. The molecule has 0 aliphatic heterocycles. The fourth-order valence-electron chi connectivity index (χ4n) is 3.52. The topological polar surface area (TPSA) is 15.3 Å². The van der Waals surface area contributed by atoms with Gasteiger partial charge in [-0.3, -0.25) is 0 Å². The fraction of sp³-hybridized carbons (Fsp3) is 0.667. The zero-order valence-electron chi connectivity index (χ0n) is 13.6. The molecule has 20 heavy (non-hydrogen) atoms. The van der Waals surface area contributed by atoms with E-state index in [1.807, 2.05) is 0 Å². The normalized spacial score (nSPS) is 20.1. The predicted molar refractivity (Wildman–Crippen MR) is 87.1 cm³/mol. The first-order chi connectivity index (χ1) is 9.55. The molecule has 0 saturated heterocycles. The predicted octanol–water partition coefficient (Wildman–Crippen LogP) is 3.91. The lowest BCUT2D eigenvalue weighted by molar-refractivity contribution is 0.0958. The van der Waals surface area contributed by atoms with Crippen LogP contribution in [0.3, 0.4) is 0 Å². The smallest absolute Gasteiger partial charge is 0.0328 e. The Balaban J connectivity index is 2.01. The van der Waals surface area contributed by atoms with Crippen molar-refractivity contribution in [3.63, 3.8) is 0 Å². The van der Waals surface area contributed by atoms with Crippen LogP contribution in [0.5, 0.6) is 0 Å². The number of likely N-dealkylation sites (N-methyl/N-ethyl adjacent to an activating group) is 1. The van der Waals surface area contributed by atoms with E-state index in [1.54, 1.807) is 0 Å². The zero-order chi connectivity index (χ0) is 14.6. The maximum atomic E-state index is 3.79. The van der Waals surface area contributed by atoms with Crippen LogP contribution in [0.15, 0.2) is 24.3 Å². The molecule has 2 nitrogen and oxygen atoms in total. The van der Waals surface area contributed by atoms with Crippen molar-refractivity contribution in [1.29, 1.82) is 0 Å². The molecule has 112 valence electrons. The highest BCUT2D eigenvalue weighted by Gasteiger charge is 2.34. The van der Waals surface area contributed by atoms with E-state index < -0.39 is 0 Å². The van der Waals surface area contributed by atoms with Crippen molar-refractivity contribution in [2.45, 2.75) is 57.5 Å². The monoisotopic (exact) mass is 274 g/mol. The van der Waals surface area contributed by atoms with Crippen LogP contribution in [0.2, 0.25) is 0 Å². The Morgan fingerprint density at radius 1 is 1.15 bits per heavy atom. The average molecular weight is 274 g/mol. The summed E-state index contributed by atoms with van der Waals surface area (Å²) in [5.41, 5.74) is 3.17. The number of hydrogen-bond donors (Lipinski definition) is 1. The van der Waals surface area contributed by atoms with Crippen molar-refractivity contribution < 1.29 is 0 Å². The summed E-state index contributed by atoms with van der Waals surface area (Å²) < 4.78 is 0. The van der Waals surface area contributed by atoms with Crippen LogP contribution >= 0.6 is 0 Å². The Morgan fingerprint density at radius 3 is 2.40 bits per heavy atom.